The van der Waals surface area contributed by atoms with Crippen LogP contribution in [-0.4, -0.2) is 12.2 Å². The molecule has 0 atom stereocenters. The standard InChI is InChI=1S/C14H14FNO3/c1-18-14-7-13(10(15)6-11(14)16)19-12-5-3-2-4-9(12)8-17/h2-7,17H,8,16H2,1H3. The lowest BCUT2D eigenvalue weighted by Crippen LogP contribution is -1.97. The van der Waals surface area contributed by atoms with E-state index in [0.29, 0.717) is 17.1 Å². The summed E-state index contributed by atoms with van der Waals surface area (Å²) in [5.74, 6) is 0.117. The molecule has 0 aliphatic carbocycles. The number of aliphatic hydroxyl groups is 1. The Labute approximate surface area is 110 Å². The highest BCUT2D eigenvalue weighted by Gasteiger charge is 2.12. The SMILES string of the molecule is COc1cc(Oc2ccccc2CO)c(F)cc1N. The van der Waals surface area contributed by atoms with Crippen molar-refractivity contribution in [2.45, 2.75) is 6.61 Å². The number of aliphatic hydroxyl groups excluding tert-OH is 1. The van der Waals surface area contributed by atoms with Crippen molar-refractivity contribution in [3.63, 3.8) is 0 Å². The van der Waals surface area contributed by atoms with Crippen molar-refractivity contribution in [1.82, 2.24) is 0 Å². The Bertz CT molecular complexity index is 587. The van der Waals surface area contributed by atoms with E-state index in [4.69, 9.17) is 15.2 Å². The number of rotatable bonds is 4. The summed E-state index contributed by atoms with van der Waals surface area (Å²) in [6, 6.07) is 9.35. The van der Waals surface area contributed by atoms with E-state index in [0.717, 1.165) is 6.07 Å². The lowest BCUT2D eigenvalue weighted by atomic mass is 10.2. The van der Waals surface area contributed by atoms with Gasteiger partial charge in [-0.1, -0.05) is 18.2 Å². The number of nitrogens with two attached hydrogens (primary N) is 1. The molecule has 0 saturated carbocycles. The molecular weight excluding hydrogens is 249 g/mol. The maximum absolute atomic E-state index is 13.8. The summed E-state index contributed by atoms with van der Waals surface area (Å²) in [4.78, 5) is 0. The molecule has 0 aliphatic heterocycles. The minimum atomic E-state index is -0.592. The van der Waals surface area contributed by atoms with Gasteiger partial charge in [-0.05, 0) is 6.07 Å². The third kappa shape index (κ3) is 2.77. The quantitative estimate of drug-likeness (QED) is 0.832. The number of methoxy groups -OCH3 is 1. The number of halogens is 1. The number of nitrogen functional groups attached to an aromatic ring is 1. The van der Waals surface area contributed by atoms with E-state index in [9.17, 15) is 9.50 Å². The number of anilines is 1. The van der Waals surface area contributed by atoms with Gasteiger partial charge in [0.15, 0.2) is 11.6 Å². The fourth-order valence-electron chi connectivity index (χ4n) is 1.66. The van der Waals surface area contributed by atoms with Crippen molar-refractivity contribution in [3.8, 4) is 17.2 Å². The Morgan fingerprint density at radius 3 is 2.58 bits per heavy atom. The number of benzene rings is 2. The monoisotopic (exact) mass is 263 g/mol. The second-order valence-electron chi connectivity index (χ2n) is 3.89. The van der Waals surface area contributed by atoms with Crippen molar-refractivity contribution < 1.29 is 19.0 Å². The minimum absolute atomic E-state index is 0.00745. The topological polar surface area (TPSA) is 64.7 Å². The number of hydrogen-bond donors (Lipinski definition) is 2. The Morgan fingerprint density at radius 2 is 1.89 bits per heavy atom. The fraction of sp³-hybridized carbons (Fsp3) is 0.143. The van der Waals surface area contributed by atoms with Crippen LogP contribution in [0.1, 0.15) is 5.56 Å². The molecular formula is C14H14FNO3. The molecule has 4 nitrogen and oxygen atoms in total. The van der Waals surface area contributed by atoms with Gasteiger partial charge in [-0.25, -0.2) is 4.39 Å². The average molecular weight is 263 g/mol. The first kappa shape index (κ1) is 13.2. The Morgan fingerprint density at radius 1 is 1.16 bits per heavy atom. The van der Waals surface area contributed by atoms with E-state index < -0.39 is 5.82 Å². The van der Waals surface area contributed by atoms with E-state index >= 15 is 0 Å². The Kier molecular flexibility index (Phi) is 3.87. The highest BCUT2D eigenvalue weighted by atomic mass is 19.1. The summed E-state index contributed by atoms with van der Waals surface area (Å²) in [6.07, 6.45) is 0. The van der Waals surface area contributed by atoms with Crippen LogP contribution >= 0.6 is 0 Å². The summed E-state index contributed by atoms with van der Waals surface area (Å²) in [5.41, 5.74) is 6.35. The normalized spacial score (nSPS) is 10.3. The predicted octanol–water partition coefficient (Wildman–Crippen LogP) is 2.70. The Balaban J connectivity index is 2.38. The molecule has 2 aromatic carbocycles. The fourth-order valence-corrected chi connectivity index (χ4v) is 1.66. The van der Waals surface area contributed by atoms with Crippen LogP contribution in [0, 0.1) is 5.82 Å². The van der Waals surface area contributed by atoms with Crippen molar-refractivity contribution in [3.05, 3.63) is 47.8 Å². The number of hydrogen-bond acceptors (Lipinski definition) is 4. The van der Waals surface area contributed by atoms with E-state index in [-0.39, 0.29) is 18.0 Å². The van der Waals surface area contributed by atoms with E-state index in [1.54, 1.807) is 24.3 Å². The maximum Gasteiger partial charge on any atom is 0.168 e. The second-order valence-corrected chi connectivity index (χ2v) is 3.89. The van der Waals surface area contributed by atoms with Gasteiger partial charge in [-0.3, -0.25) is 0 Å². The highest BCUT2D eigenvalue weighted by molar-refractivity contribution is 5.57. The first-order chi connectivity index (χ1) is 9.15. The van der Waals surface area contributed by atoms with Gasteiger partial charge in [0.1, 0.15) is 11.5 Å². The van der Waals surface area contributed by atoms with Gasteiger partial charge in [0.05, 0.1) is 19.4 Å². The van der Waals surface area contributed by atoms with Gasteiger partial charge in [0.25, 0.3) is 0 Å². The molecule has 0 radical (unpaired) electrons. The summed E-state index contributed by atoms with van der Waals surface area (Å²) < 4.78 is 24.2. The van der Waals surface area contributed by atoms with Gasteiger partial charge in [-0.15, -0.1) is 0 Å². The molecule has 0 spiro atoms. The van der Waals surface area contributed by atoms with Crippen molar-refractivity contribution >= 4 is 5.69 Å². The van der Waals surface area contributed by atoms with Crippen LogP contribution < -0.4 is 15.2 Å². The zero-order valence-corrected chi connectivity index (χ0v) is 10.4. The van der Waals surface area contributed by atoms with Crippen molar-refractivity contribution in [2.24, 2.45) is 0 Å². The van der Waals surface area contributed by atoms with Gasteiger partial charge < -0.3 is 20.3 Å². The highest BCUT2D eigenvalue weighted by Crippen LogP contribution is 2.33. The molecule has 0 heterocycles. The molecule has 0 bridgehead atoms. The molecule has 5 heteroatoms. The number of ether oxygens (including phenoxy) is 2. The first-order valence-electron chi connectivity index (χ1n) is 5.65. The lowest BCUT2D eigenvalue weighted by molar-refractivity contribution is 0.276. The number of para-hydroxylation sites is 1. The van der Waals surface area contributed by atoms with Gasteiger partial charge in [0, 0.05) is 17.7 Å². The van der Waals surface area contributed by atoms with Crippen LogP contribution in [0.3, 0.4) is 0 Å². The van der Waals surface area contributed by atoms with E-state index in [1.807, 2.05) is 0 Å². The summed E-state index contributed by atoms with van der Waals surface area (Å²) in [6.45, 7) is -0.191. The molecule has 2 aromatic rings. The Hall–Kier alpha value is -2.27. The van der Waals surface area contributed by atoms with Gasteiger partial charge in [-0.2, -0.15) is 0 Å². The molecule has 19 heavy (non-hydrogen) atoms. The molecule has 0 saturated heterocycles. The van der Waals surface area contributed by atoms with Crippen LogP contribution in [0.15, 0.2) is 36.4 Å². The zero-order chi connectivity index (χ0) is 13.8. The maximum atomic E-state index is 13.8. The van der Waals surface area contributed by atoms with Crippen molar-refractivity contribution in [1.29, 1.82) is 0 Å². The average Bonchev–Trinajstić information content (AvgIpc) is 2.42. The molecule has 3 N–H and O–H groups in total. The van der Waals surface area contributed by atoms with Gasteiger partial charge in [0.2, 0.25) is 0 Å². The second kappa shape index (κ2) is 5.58. The zero-order valence-electron chi connectivity index (χ0n) is 10.4. The summed E-state index contributed by atoms with van der Waals surface area (Å²) >= 11 is 0. The minimum Gasteiger partial charge on any atom is -0.494 e. The smallest absolute Gasteiger partial charge is 0.168 e. The van der Waals surface area contributed by atoms with Crippen LogP contribution in [0.2, 0.25) is 0 Å². The summed E-state index contributed by atoms with van der Waals surface area (Å²) in [7, 11) is 1.44. The predicted molar refractivity (Wildman–Crippen MR) is 69.8 cm³/mol. The van der Waals surface area contributed by atoms with Crippen LogP contribution in [0.5, 0.6) is 17.2 Å². The molecule has 0 fully saturated rings. The van der Waals surface area contributed by atoms with E-state index in [1.165, 1.54) is 13.2 Å². The van der Waals surface area contributed by atoms with Crippen LogP contribution in [-0.2, 0) is 6.61 Å². The third-order valence-electron chi connectivity index (χ3n) is 2.65. The van der Waals surface area contributed by atoms with E-state index in [2.05, 4.69) is 0 Å². The van der Waals surface area contributed by atoms with Crippen LogP contribution in [0.25, 0.3) is 0 Å². The van der Waals surface area contributed by atoms with Crippen LogP contribution in [0.4, 0.5) is 10.1 Å². The molecule has 0 amide bonds. The summed E-state index contributed by atoms with van der Waals surface area (Å²) in [5, 5.41) is 9.19. The molecule has 0 aromatic heterocycles. The molecule has 0 aliphatic rings. The van der Waals surface area contributed by atoms with Gasteiger partial charge >= 0.3 is 0 Å². The molecule has 2 rings (SSSR count). The largest absolute Gasteiger partial charge is 0.494 e. The third-order valence-corrected chi connectivity index (χ3v) is 2.65. The first-order valence-corrected chi connectivity index (χ1v) is 5.65. The molecule has 100 valence electrons. The van der Waals surface area contributed by atoms with Crippen molar-refractivity contribution in [2.75, 3.05) is 12.8 Å². The lowest BCUT2D eigenvalue weighted by Gasteiger charge is -2.12. The molecule has 0 unspecified atom stereocenters.